The van der Waals surface area contributed by atoms with Crippen molar-refractivity contribution in [1.29, 1.82) is 0 Å². The largest absolute Gasteiger partial charge is 0.497 e. The second kappa shape index (κ2) is 10.5. The van der Waals surface area contributed by atoms with Gasteiger partial charge >= 0.3 is 0 Å². The molecule has 0 fully saturated rings. The van der Waals surface area contributed by atoms with E-state index in [1.54, 1.807) is 25.5 Å². The van der Waals surface area contributed by atoms with Gasteiger partial charge in [-0.3, -0.25) is 4.79 Å². The van der Waals surface area contributed by atoms with Gasteiger partial charge in [0.1, 0.15) is 18.1 Å². The van der Waals surface area contributed by atoms with Gasteiger partial charge in [-0.15, -0.1) is 0 Å². The number of nitrogens with one attached hydrogen (secondary N) is 1. The summed E-state index contributed by atoms with van der Waals surface area (Å²) < 4.78 is 13.4. The molecule has 1 N–H and O–H groups in total. The zero-order valence-corrected chi connectivity index (χ0v) is 19.5. The third kappa shape index (κ3) is 5.35. The molecule has 6 heteroatoms. The second-order valence-electron chi connectivity index (χ2n) is 7.88. The first-order valence-electron chi connectivity index (χ1n) is 11.0. The number of rotatable bonds is 8. The molecule has 172 valence electrons. The van der Waals surface area contributed by atoms with Crippen molar-refractivity contribution in [2.45, 2.75) is 20.5 Å². The fourth-order valence-corrected chi connectivity index (χ4v) is 3.70. The summed E-state index contributed by atoms with van der Waals surface area (Å²) in [5, 5.41) is 4.13. The van der Waals surface area contributed by atoms with Crippen LogP contribution in [0.1, 0.15) is 32.9 Å². The molecule has 4 rings (SSSR count). The first-order valence-corrected chi connectivity index (χ1v) is 11.0. The lowest BCUT2D eigenvalue weighted by atomic mass is 10.2. The number of aryl methyl sites for hydroxylation is 2. The van der Waals surface area contributed by atoms with Gasteiger partial charge in [-0.2, -0.15) is 5.10 Å². The Morgan fingerprint density at radius 3 is 2.41 bits per heavy atom. The third-order valence-corrected chi connectivity index (χ3v) is 5.48. The van der Waals surface area contributed by atoms with Crippen LogP contribution >= 0.6 is 0 Å². The van der Waals surface area contributed by atoms with E-state index in [9.17, 15) is 4.79 Å². The maximum Gasteiger partial charge on any atom is 0.271 e. The van der Waals surface area contributed by atoms with Crippen LogP contribution in [-0.2, 0) is 6.61 Å². The van der Waals surface area contributed by atoms with Crippen molar-refractivity contribution in [2.75, 3.05) is 7.11 Å². The van der Waals surface area contributed by atoms with E-state index in [1.807, 2.05) is 60.7 Å². The maximum absolute atomic E-state index is 12.5. The smallest absolute Gasteiger partial charge is 0.271 e. The van der Waals surface area contributed by atoms with Crippen LogP contribution in [0.4, 0.5) is 0 Å². The van der Waals surface area contributed by atoms with Crippen molar-refractivity contribution in [3.05, 3.63) is 113 Å². The lowest BCUT2D eigenvalue weighted by molar-refractivity contribution is 0.0955. The number of carbonyl (C=O) groups excluding carboxylic acids is 1. The molecule has 6 nitrogen and oxygen atoms in total. The maximum atomic E-state index is 12.5. The molecule has 0 aliphatic rings. The molecule has 0 aliphatic carbocycles. The summed E-state index contributed by atoms with van der Waals surface area (Å²) in [7, 11) is 1.64. The molecule has 1 heterocycles. The Labute approximate surface area is 199 Å². The van der Waals surface area contributed by atoms with Crippen molar-refractivity contribution < 1.29 is 14.3 Å². The summed E-state index contributed by atoms with van der Waals surface area (Å²) in [6, 6.07) is 26.9. The molecule has 0 spiro atoms. The average molecular weight is 454 g/mol. The van der Waals surface area contributed by atoms with Crippen molar-refractivity contribution in [2.24, 2.45) is 5.10 Å². The number of hydrogen-bond donors (Lipinski definition) is 1. The van der Waals surface area contributed by atoms with E-state index in [0.717, 1.165) is 34.0 Å². The van der Waals surface area contributed by atoms with Crippen LogP contribution in [0, 0.1) is 13.8 Å². The monoisotopic (exact) mass is 453 g/mol. The topological polar surface area (TPSA) is 64.8 Å². The van der Waals surface area contributed by atoms with Gasteiger partial charge in [0.25, 0.3) is 5.91 Å². The molecule has 3 aromatic carbocycles. The van der Waals surface area contributed by atoms with Crippen LogP contribution in [0.15, 0.2) is 90.0 Å². The molecule has 0 unspecified atom stereocenters. The van der Waals surface area contributed by atoms with Gasteiger partial charge in [0.15, 0.2) is 0 Å². The first kappa shape index (κ1) is 22.9. The molecule has 0 atom stereocenters. The first-order chi connectivity index (χ1) is 16.5. The quantitative estimate of drug-likeness (QED) is 0.285. The highest BCUT2D eigenvalue weighted by Crippen LogP contribution is 2.20. The van der Waals surface area contributed by atoms with E-state index in [1.165, 1.54) is 0 Å². The van der Waals surface area contributed by atoms with Crippen LogP contribution < -0.4 is 14.9 Å². The van der Waals surface area contributed by atoms with Crippen LogP contribution in [0.5, 0.6) is 11.5 Å². The Balaban J connectivity index is 1.39. The van der Waals surface area contributed by atoms with Crippen molar-refractivity contribution in [3.8, 4) is 17.2 Å². The molecule has 0 aliphatic heterocycles. The minimum atomic E-state index is -0.279. The Kier molecular flexibility index (Phi) is 7.08. The lowest BCUT2D eigenvalue weighted by Crippen LogP contribution is -2.17. The van der Waals surface area contributed by atoms with E-state index in [2.05, 4.69) is 41.1 Å². The second-order valence-corrected chi connectivity index (χ2v) is 7.88. The Morgan fingerprint density at radius 2 is 1.68 bits per heavy atom. The molecule has 0 saturated carbocycles. The lowest BCUT2D eigenvalue weighted by Gasteiger charge is -2.10. The number of methoxy groups -OCH3 is 1. The Bertz CT molecular complexity index is 1290. The summed E-state index contributed by atoms with van der Waals surface area (Å²) in [6.45, 7) is 4.50. The van der Waals surface area contributed by atoms with Gasteiger partial charge in [-0.25, -0.2) is 5.43 Å². The molecular weight excluding hydrogens is 426 g/mol. The van der Waals surface area contributed by atoms with E-state index >= 15 is 0 Å². The number of hydrogen-bond acceptors (Lipinski definition) is 4. The molecule has 0 saturated heterocycles. The van der Waals surface area contributed by atoms with E-state index in [0.29, 0.717) is 17.9 Å². The fraction of sp³-hybridized carbons (Fsp3) is 0.143. The Morgan fingerprint density at radius 1 is 0.941 bits per heavy atom. The minimum Gasteiger partial charge on any atom is -0.497 e. The van der Waals surface area contributed by atoms with Gasteiger partial charge in [-0.05, 0) is 80.1 Å². The Hall–Kier alpha value is -4.32. The number of hydrazone groups is 1. The number of para-hydroxylation sites is 1. The van der Waals surface area contributed by atoms with Crippen LogP contribution in [0.25, 0.3) is 5.69 Å². The van der Waals surface area contributed by atoms with Crippen molar-refractivity contribution in [1.82, 2.24) is 9.99 Å². The molecule has 1 aromatic heterocycles. The predicted molar refractivity (Wildman–Crippen MR) is 134 cm³/mol. The average Bonchev–Trinajstić information content (AvgIpc) is 3.21. The van der Waals surface area contributed by atoms with Crippen LogP contribution in [0.2, 0.25) is 0 Å². The van der Waals surface area contributed by atoms with Crippen LogP contribution in [-0.4, -0.2) is 23.8 Å². The van der Waals surface area contributed by atoms with Gasteiger partial charge in [0, 0.05) is 28.2 Å². The predicted octanol–water partition coefficient (Wildman–Crippen LogP) is 5.45. The highest BCUT2D eigenvalue weighted by Gasteiger charge is 2.08. The molecule has 1 amide bonds. The van der Waals surface area contributed by atoms with Crippen molar-refractivity contribution in [3.63, 3.8) is 0 Å². The number of amides is 1. The summed E-state index contributed by atoms with van der Waals surface area (Å²) >= 11 is 0. The van der Waals surface area contributed by atoms with E-state index in [4.69, 9.17) is 9.47 Å². The number of aromatic nitrogens is 1. The summed E-state index contributed by atoms with van der Waals surface area (Å²) in [5.41, 5.74) is 8.19. The number of ether oxygens (including phenoxy) is 2. The standard InChI is InChI=1S/C28H27N3O3/c1-20-11-12-21(2)31(20)25-15-13-23(14-16-25)28(32)30-29-18-24-8-4-5-10-27(24)34-19-22-7-6-9-26(17-22)33-3/h4-18H,19H2,1-3H3,(H,30,32)/b29-18-. The molecule has 4 aromatic rings. The number of nitrogens with zero attached hydrogens (tertiary/aromatic N) is 2. The van der Waals surface area contributed by atoms with Gasteiger partial charge in [0.2, 0.25) is 0 Å². The van der Waals surface area contributed by atoms with E-state index < -0.39 is 0 Å². The zero-order chi connectivity index (χ0) is 23.9. The van der Waals surface area contributed by atoms with Crippen molar-refractivity contribution >= 4 is 12.1 Å². The molecule has 0 radical (unpaired) electrons. The normalized spacial score (nSPS) is 10.9. The van der Waals surface area contributed by atoms with Crippen LogP contribution in [0.3, 0.4) is 0 Å². The molecule has 0 bridgehead atoms. The summed E-state index contributed by atoms with van der Waals surface area (Å²) in [4.78, 5) is 12.5. The molecule has 34 heavy (non-hydrogen) atoms. The van der Waals surface area contributed by atoms with Gasteiger partial charge in [-0.1, -0.05) is 24.3 Å². The summed E-state index contributed by atoms with van der Waals surface area (Å²) in [6.07, 6.45) is 1.58. The van der Waals surface area contributed by atoms with Gasteiger partial charge < -0.3 is 14.0 Å². The highest BCUT2D eigenvalue weighted by molar-refractivity contribution is 5.95. The van der Waals surface area contributed by atoms with Gasteiger partial charge in [0.05, 0.1) is 13.3 Å². The summed E-state index contributed by atoms with van der Waals surface area (Å²) in [5.74, 6) is 1.17. The third-order valence-electron chi connectivity index (χ3n) is 5.48. The molecular formula is C28H27N3O3. The zero-order valence-electron chi connectivity index (χ0n) is 19.5. The highest BCUT2D eigenvalue weighted by atomic mass is 16.5. The fourth-order valence-electron chi connectivity index (χ4n) is 3.70. The number of benzene rings is 3. The number of carbonyl (C=O) groups is 1. The SMILES string of the molecule is COc1cccc(COc2ccccc2/C=N\NC(=O)c2ccc(-n3c(C)ccc3C)cc2)c1. The minimum absolute atomic E-state index is 0.279. The van der Waals surface area contributed by atoms with E-state index in [-0.39, 0.29) is 5.91 Å².